The quantitative estimate of drug-likeness (QED) is 0.489. The van der Waals surface area contributed by atoms with Gasteiger partial charge in [-0.05, 0) is 37.1 Å². The van der Waals surface area contributed by atoms with Crippen molar-refractivity contribution in [1.29, 1.82) is 0 Å². The molecule has 0 bridgehead atoms. The summed E-state index contributed by atoms with van der Waals surface area (Å²) in [6.07, 6.45) is 2.17. The number of hydrogen-bond acceptors (Lipinski definition) is 4. The Morgan fingerprint density at radius 3 is 2.70 bits per heavy atom. The van der Waals surface area contributed by atoms with Gasteiger partial charge in [-0.3, -0.25) is 9.69 Å². The molecule has 1 aromatic heterocycles. The van der Waals surface area contributed by atoms with Gasteiger partial charge in [-0.15, -0.1) is 0 Å². The topological polar surface area (TPSA) is 54.7 Å². The van der Waals surface area contributed by atoms with Crippen LogP contribution in [0.2, 0.25) is 0 Å². The first-order chi connectivity index (χ1) is 14.7. The minimum atomic E-state index is -0.0495. The van der Waals surface area contributed by atoms with Crippen molar-refractivity contribution in [3.8, 4) is 5.75 Å². The second-order valence-electron chi connectivity index (χ2n) is 7.73. The molecule has 2 heterocycles. The molecule has 1 atom stereocenters. The van der Waals surface area contributed by atoms with Crippen LogP contribution in [0, 0.1) is 0 Å². The lowest BCUT2D eigenvalue weighted by Gasteiger charge is -2.24. The van der Waals surface area contributed by atoms with Gasteiger partial charge in [0, 0.05) is 22.9 Å². The van der Waals surface area contributed by atoms with E-state index in [1.54, 1.807) is 7.11 Å². The molecule has 1 saturated heterocycles. The molecule has 0 radical (unpaired) electrons. The maximum absolute atomic E-state index is 12.9. The van der Waals surface area contributed by atoms with Crippen LogP contribution in [0.25, 0.3) is 21.9 Å². The number of carbonyl (C=O) groups is 1. The van der Waals surface area contributed by atoms with Gasteiger partial charge in [-0.1, -0.05) is 48.5 Å². The summed E-state index contributed by atoms with van der Waals surface area (Å²) in [7, 11) is 1.62. The van der Waals surface area contributed by atoms with Crippen molar-refractivity contribution in [2.45, 2.75) is 18.9 Å². The van der Waals surface area contributed by atoms with Gasteiger partial charge in [-0.25, -0.2) is 0 Å². The zero-order valence-electron chi connectivity index (χ0n) is 16.9. The molecule has 152 valence electrons. The summed E-state index contributed by atoms with van der Waals surface area (Å²) in [5, 5.41) is 5.04. The van der Waals surface area contributed by atoms with Gasteiger partial charge in [0.1, 0.15) is 16.9 Å². The lowest BCUT2D eigenvalue weighted by Crippen LogP contribution is -2.33. The van der Waals surface area contributed by atoms with Crippen molar-refractivity contribution in [3.63, 3.8) is 0 Å². The first kappa shape index (κ1) is 18.7. The Kier molecular flexibility index (Phi) is 4.89. The molecule has 30 heavy (non-hydrogen) atoms. The Morgan fingerprint density at radius 1 is 1.07 bits per heavy atom. The highest BCUT2D eigenvalue weighted by atomic mass is 16.5. The van der Waals surface area contributed by atoms with Crippen LogP contribution in [0.15, 0.2) is 71.1 Å². The van der Waals surface area contributed by atoms with E-state index in [0.29, 0.717) is 18.0 Å². The predicted molar refractivity (Wildman–Crippen MR) is 119 cm³/mol. The predicted octanol–water partition coefficient (Wildman–Crippen LogP) is 5.37. The summed E-state index contributed by atoms with van der Waals surface area (Å²) >= 11 is 0. The fourth-order valence-electron chi connectivity index (χ4n) is 4.46. The van der Waals surface area contributed by atoms with Crippen molar-refractivity contribution < 1.29 is 13.9 Å². The zero-order valence-corrected chi connectivity index (χ0v) is 16.9. The maximum Gasteiger partial charge on any atom is 0.238 e. The lowest BCUT2D eigenvalue weighted by molar-refractivity contribution is -0.117. The SMILES string of the molecule is COc1cc2c(cc1NC(=O)CN1CCC[C@@H]1c1ccccc1)oc1ccccc12. The monoisotopic (exact) mass is 400 g/mol. The molecule has 1 fully saturated rings. The minimum Gasteiger partial charge on any atom is -0.495 e. The highest BCUT2D eigenvalue weighted by molar-refractivity contribution is 6.07. The number of likely N-dealkylation sites (tertiary alicyclic amines) is 1. The molecule has 1 amide bonds. The number of nitrogens with zero attached hydrogens (tertiary/aromatic N) is 1. The normalized spacial score (nSPS) is 16.9. The van der Waals surface area contributed by atoms with E-state index in [1.807, 2.05) is 42.5 Å². The third-order valence-corrected chi connectivity index (χ3v) is 5.87. The number of benzene rings is 3. The molecule has 0 saturated carbocycles. The summed E-state index contributed by atoms with van der Waals surface area (Å²) in [5.41, 5.74) is 3.45. The Labute approximate surface area is 175 Å². The zero-order chi connectivity index (χ0) is 20.5. The van der Waals surface area contributed by atoms with E-state index < -0.39 is 0 Å². The van der Waals surface area contributed by atoms with Crippen molar-refractivity contribution in [3.05, 3.63) is 72.3 Å². The van der Waals surface area contributed by atoms with E-state index in [2.05, 4.69) is 34.5 Å². The van der Waals surface area contributed by atoms with Crippen LogP contribution in [-0.4, -0.2) is 31.0 Å². The number of furan rings is 1. The van der Waals surface area contributed by atoms with Crippen LogP contribution in [0.4, 0.5) is 5.69 Å². The maximum atomic E-state index is 12.9. The summed E-state index contributed by atoms with van der Waals surface area (Å²) in [6.45, 7) is 1.27. The molecule has 5 heteroatoms. The van der Waals surface area contributed by atoms with E-state index in [4.69, 9.17) is 9.15 Å². The first-order valence-electron chi connectivity index (χ1n) is 10.3. The van der Waals surface area contributed by atoms with Crippen LogP contribution in [0.3, 0.4) is 0 Å². The Hall–Kier alpha value is -3.31. The molecule has 1 N–H and O–H groups in total. The van der Waals surface area contributed by atoms with Gasteiger partial charge in [0.2, 0.25) is 5.91 Å². The number of methoxy groups -OCH3 is 1. The van der Waals surface area contributed by atoms with E-state index in [-0.39, 0.29) is 11.9 Å². The fourth-order valence-corrected chi connectivity index (χ4v) is 4.46. The summed E-state index contributed by atoms with van der Waals surface area (Å²) in [4.78, 5) is 15.1. The smallest absolute Gasteiger partial charge is 0.238 e. The number of anilines is 1. The second-order valence-corrected chi connectivity index (χ2v) is 7.73. The number of para-hydroxylation sites is 1. The van der Waals surface area contributed by atoms with Gasteiger partial charge in [0.15, 0.2) is 0 Å². The van der Waals surface area contributed by atoms with Crippen LogP contribution in [-0.2, 0) is 4.79 Å². The number of rotatable bonds is 5. The van der Waals surface area contributed by atoms with Crippen molar-refractivity contribution in [2.24, 2.45) is 0 Å². The van der Waals surface area contributed by atoms with Crippen LogP contribution in [0.5, 0.6) is 5.75 Å². The fraction of sp³-hybridized carbons (Fsp3) is 0.240. The van der Waals surface area contributed by atoms with E-state index in [9.17, 15) is 4.79 Å². The van der Waals surface area contributed by atoms with Gasteiger partial charge >= 0.3 is 0 Å². The third kappa shape index (κ3) is 3.42. The number of hydrogen-bond donors (Lipinski definition) is 1. The Morgan fingerprint density at radius 2 is 1.87 bits per heavy atom. The number of nitrogens with one attached hydrogen (secondary N) is 1. The molecule has 5 nitrogen and oxygen atoms in total. The van der Waals surface area contributed by atoms with E-state index in [1.165, 1.54) is 5.56 Å². The molecule has 3 aromatic carbocycles. The van der Waals surface area contributed by atoms with E-state index >= 15 is 0 Å². The molecule has 1 aliphatic rings. The Bertz CT molecular complexity index is 1200. The third-order valence-electron chi connectivity index (χ3n) is 5.87. The van der Waals surface area contributed by atoms with E-state index in [0.717, 1.165) is 41.3 Å². The molecule has 0 aliphatic carbocycles. The summed E-state index contributed by atoms with van der Waals surface area (Å²) < 4.78 is 11.5. The van der Waals surface area contributed by atoms with Crippen LogP contribution >= 0.6 is 0 Å². The molecular weight excluding hydrogens is 376 g/mol. The van der Waals surface area contributed by atoms with Crippen molar-refractivity contribution in [1.82, 2.24) is 4.90 Å². The second kappa shape index (κ2) is 7.84. The number of carbonyl (C=O) groups excluding carboxylic acids is 1. The highest BCUT2D eigenvalue weighted by Gasteiger charge is 2.27. The lowest BCUT2D eigenvalue weighted by atomic mass is 10.0. The van der Waals surface area contributed by atoms with Gasteiger partial charge in [0.25, 0.3) is 0 Å². The van der Waals surface area contributed by atoms with Crippen LogP contribution in [0.1, 0.15) is 24.4 Å². The van der Waals surface area contributed by atoms with Crippen molar-refractivity contribution in [2.75, 3.05) is 25.5 Å². The molecule has 1 aliphatic heterocycles. The van der Waals surface area contributed by atoms with Gasteiger partial charge in [-0.2, -0.15) is 0 Å². The van der Waals surface area contributed by atoms with Gasteiger partial charge in [0.05, 0.1) is 19.3 Å². The molecule has 5 rings (SSSR count). The summed E-state index contributed by atoms with van der Waals surface area (Å²) in [6, 6.07) is 22.4. The average Bonchev–Trinajstić information content (AvgIpc) is 3.37. The number of ether oxygens (including phenoxy) is 1. The van der Waals surface area contributed by atoms with Crippen LogP contribution < -0.4 is 10.1 Å². The largest absolute Gasteiger partial charge is 0.495 e. The van der Waals surface area contributed by atoms with Gasteiger partial charge < -0.3 is 14.5 Å². The molecular formula is C25H24N2O3. The standard InChI is InChI=1S/C25H24N2O3/c1-29-24-14-19-18-10-5-6-12-22(18)30-23(19)15-20(24)26-25(28)16-27-13-7-11-21(27)17-8-3-2-4-9-17/h2-6,8-10,12,14-15,21H,7,11,13,16H2,1H3,(H,26,28)/t21-/m1/s1. The molecule has 4 aromatic rings. The molecule has 0 unspecified atom stereocenters. The number of fused-ring (bicyclic) bond motifs is 3. The minimum absolute atomic E-state index is 0.0495. The average molecular weight is 400 g/mol. The summed E-state index contributed by atoms with van der Waals surface area (Å²) in [5.74, 6) is 0.579. The van der Waals surface area contributed by atoms with Crippen molar-refractivity contribution >= 4 is 33.5 Å². The number of amides is 1. The molecule has 0 spiro atoms. The first-order valence-corrected chi connectivity index (χ1v) is 10.3. The Balaban J connectivity index is 1.38. The highest BCUT2D eigenvalue weighted by Crippen LogP contribution is 2.36.